The summed E-state index contributed by atoms with van der Waals surface area (Å²) in [6, 6.07) is 8.02. The molecule has 1 amide bonds. The fourth-order valence-corrected chi connectivity index (χ4v) is 2.25. The molecule has 0 fully saturated rings. The van der Waals surface area contributed by atoms with Gasteiger partial charge in [-0.1, -0.05) is 24.3 Å². The number of hydrogen-bond acceptors (Lipinski definition) is 1. The van der Waals surface area contributed by atoms with Gasteiger partial charge in [-0.25, -0.2) is 0 Å². The molecule has 1 unspecified atom stereocenters. The van der Waals surface area contributed by atoms with Gasteiger partial charge < -0.3 is 4.90 Å². The van der Waals surface area contributed by atoms with Crippen molar-refractivity contribution in [3.05, 3.63) is 47.5 Å². The summed E-state index contributed by atoms with van der Waals surface area (Å²) in [6.07, 6.45) is 8.13. The Kier molecular flexibility index (Phi) is 3.62. The molecule has 0 aliphatic heterocycles. The van der Waals surface area contributed by atoms with Gasteiger partial charge in [0.2, 0.25) is 0 Å². The van der Waals surface area contributed by atoms with Gasteiger partial charge in [0.15, 0.2) is 0 Å². The first kappa shape index (κ1) is 11.9. The molecule has 90 valence electrons. The lowest BCUT2D eigenvalue weighted by Crippen LogP contribution is -2.21. The van der Waals surface area contributed by atoms with Gasteiger partial charge in [-0.3, -0.25) is 4.79 Å². The van der Waals surface area contributed by atoms with E-state index in [-0.39, 0.29) is 5.91 Å². The lowest BCUT2D eigenvalue weighted by Gasteiger charge is -2.18. The Morgan fingerprint density at radius 3 is 2.82 bits per heavy atom. The first-order valence-electron chi connectivity index (χ1n) is 6.17. The van der Waals surface area contributed by atoms with Crippen LogP contribution in [0.15, 0.2) is 36.4 Å². The zero-order chi connectivity index (χ0) is 12.3. The van der Waals surface area contributed by atoms with Crippen molar-refractivity contribution in [3.63, 3.8) is 0 Å². The second-order valence-corrected chi connectivity index (χ2v) is 4.79. The van der Waals surface area contributed by atoms with E-state index in [1.165, 1.54) is 24.8 Å². The summed E-state index contributed by atoms with van der Waals surface area (Å²) >= 11 is 0. The average molecular weight is 229 g/mol. The van der Waals surface area contributed by atoms with Gasteiger partial charge in [0.05, 0.1) is 0 Å². The molecule has 0 spiro atoms. The highest BCUT2D eigenvalue weighted by Gasteiger charge is 2.13. The summed E-state index contributed by atoms with van der Waals surface area (Å²) in [4.78, 5) is 13.5. The molecule has 0 radical (unpaired) electrons. The summed E-state index contributed by atoms with van der Waals surface area (Å²) in [6.45, 7) is 0. The van der Waals surface area contributed by atoms with Crippen LogP contribution in [0.5, 0.6) is 0 Å². The van der Waals surface area contributed by atoms with E-state index in [9.17, 15) is 4.79 Å². The van der Waals surface area contributed by atoms with Crippen molar-refractivity contribution in [1.82, 2.24) is 4.90 Å². The Labute approximate surface area is 103 Å². The lowest BCUT2D eigenvalue weighted by atomic mass is 9.88. The van der Waals surface area contributed by atoms with Gasteiger partial charge >= 0.3 is 0 Å². The molecule has 1 aromatic rings. The Hall–Kier alpha value is -1.57. The van der Waals surface area contributed by atoms with Gasteiger partial charge in [0, 0.05) is 25.6 Å². The number of nitrogens with zero attached hydrogens (tertiary/aromatic N) is 1. The van der Waals surface area contributed by atoms with Crippen LogP contribution in [-0.4, -0.2) is 24.9 Å². The van der Waals surface area contributed by atoms with Crippen LogP contribution in [0.4, 0.5) is 0 Å². The molecule has 0 aromatic heterocycles. The molecule has 17 heavy (non-hydrogen) atoms. The maximum Gasteiger partial charge on any atom is 0.253 e. The highest BCUT2D eigenvalue weighted by molar-refractivity contribution is 5.94. The summed E-state index contributed by atoms with van der Waals surface area (Å²) < 4.78 is 0. The largest absolute Gasteiger partial charge is 0.345 e. The molecule has 0 bridgehead atoms. The molecule has 0 N–H and O–H groups in total. The van der Waals surface area contributed by atoms with E-state index in [2.05, 4.69) is 18.2 Å². The number of hydrogen-bond donors (Lipinski definition) is 0. The first-order valence-corrected chi connectivity index (χ1v) is 6.17. The Morgan fingerprint density at radius 2 is 2.18 bits per heavy atom. The first-order chi connectivity index (χ1) is 8.18. The van der Waals surface area contributed by atoms with Crippen LogP contribution in [0.2, 0.25) is 0 Å². The van der Waals surface area contributed by atoms with Crippen molar-refractivity contribution in [1.29, 1.82) is 0 Å². The van der Waals surface area contributed by atoms with Crippen LogP contribution in [0.3, 0.4) is 0 Å². The number of carbonyl (C=O) groups is 1. The quantitative estimate of drug-likeness (QED) is 0.713. The van der Waals surface area contributed by atoms with E-state index in [4.69, 9.17) is 0 Å². The van der Waals surface area contributed by atoms with Crippen molar-refractivity contribution in [2.45, 2.75) is 25.2 Å². The molecular formula is C15H19NO. The molecule has 0 saturated heterocycles. The highest BCUT2D eigenvalue weighted by Crippen LogP contribution is 2.28. The van der Waals surface area contributed by atoms with Gasteiger partial charge in [0.1, 0.15) is 0 Å². The fourth-order valence-electron chi connectivity index (χ4n) is 2.25. The number of rotatable bonds is 2. The second-order valence-electron chi connectivity index (χ2n) is 4.79. The molecule has 1 aliphatic rings. The standard InChI is InChI=1S/C15H19NO/c1-16(2)15(17)14-10-6-9-13(11-14)12-7-4-3-5-8-12/h4,6-7,9-12H,3,5,8H2,1-2H3. The molecule has 2 rings (SSSR count). The molecular weight excluding hydrogens is 210 g/mol. The summed E-state index contributed by atoms with van der Waals surface area (Å²) in [5.74, 6) is 0.560. The average Bonchev–Trinajstić information content (AvgIpc) is 2.39. The number of carbonyl (C=O) groups excluding carboxylic acids is 1. The third-order valence-electron chi connectivity index (χ3n) is 3.22. The Morgan fingerprint density at radius 1 is 1.35 bits per heavy atom. The van der Waals surface area contributed by atoms with Crippen LogP contribution in [0.1, 0.15) is 41.1 Å². The third-order valence-corrected chi connectivity index (χ3v) is 3.22. The van der Waals surface area contributed by atoms with Crippen LogP contribution in [-0.2, 0) is 0 Å². The molecule has 0 heterocycles. The van der Waals surface area contributed by atoms with E-state index in [1.54, 1.807) is 19.0 Å². The molecule has 2 nitrogen and oxygen atoms in total. The predicted molar refractivity (Wildman–Crippen MR) is 70.2 cm³/mol. The van der Waals surface area contributed by atoms with Crippen LogP contribution >= 0.6 is 0 Å². The number of amides is 1. The third kappa shape index (κ3) is 2.76. The topological polar surface area (TPSA) is 20.3 Å². The van der Waals surface area contributed by atoms with Crippen molar-refractivity contribution >= 4 is 5.91 Å². The maximum absolute atomic E-state index is 11.9. The van der Waals surface area contributed by atoms with Crippen LogP contribution in [0, 0.1) is 0 Å². The minimum atomic E-state index is 0.0756. The second kappa shape index (κ2) is 5.17. The SMILES string of the molecule is CN(C)C(=O)c1cccc(C2C=CCCC2)c1. The minimum absolute atomic E-state index is 0.0756. The van der Waals surface area contributed by atoms with Gasteiger partial charge in [-0.05, 0) is 37.0 Å². The zero-order valence-electron chi connectivity index (χ0n) is 10.5. The Bertz CT molecular complexity index is 434. The zero-order valence-corrected chi connectivity index (χ0v) is 10.5. The van der Waals surface area contributed by atoms with Crippen molar-refractivity contribution in [2.24, 2.45) is 0 Å². The molecule has 2 heteroatoms. The summed E-state index contributed by atoms with van der Waals surface area (Å²) in [5, 5.41) is 0. The van der Waals surface area contributed by atoms with E-state index in [0.717, 1.165) is 5.56 Å². The van der Waals surface area contributed by atoms with Crippen molar-refractivity contribution in [2.75, 3.05) is 14.1 Å². The fraction of sp³-hybridized carbons (Fsp3) is 0.400. The molecule has 1 atom stereocenters. The van der Waals surface area contributed by atoms with Crippen molar-refractivity contribution < 1.29 is 4.79 Å². The predicted octanol–water partition coefficient (Wildman–Crippen LogP) is 3.21. The lowest BCUT2D eigenvalue weighted by molar-refractivity contribution is 0.0827. The Balaban J connectivity index is 2.24. The molecule has 0 saturated carbocycles. The number of allylic oxidation sites excluding steroid dienone is 2. The molecule has 1 aliphatic carbocycles. The monoisotopic (exact) mass is 229 g/mol. The van der Waals surface area contributed by atoms with Crippen molar-refractivity contribution in [3.8, 4) is 0 Å². The van der Waals surface area contributed by atoms with Crippen LogP contribution < -0.4 is 0 Å². The van der Waals surface area contributed by atoms with E-state index < -0.39 is 0 Å². The van der Waals surface area contributed by atoms with E-state index in [0.29, 0.717) is 5.92 Å². The minimum Gasteiger partial charge on any atom is -0.345 e. The maximum atomic E-state index is 11.9. The summed E-state index contributed by atoms with van der Waals surface area (Å²) in [7, 11) is 3.57. The normalized spacial score (nSPS) is 19.1. The van der Waals surface area contributed by atoms with Gasteiger partial charge in [0.25, 0.3) is 5.91 Å². The van der Waals surface area contributed by atoms with E-state index in [1.807, 2.05) is 18.2 Å². The van der Waals surface area contributed by atoms with Gasteiger partial charge in [-0.15, -0.1) is 0 Å². The smallest absolute Gasteiger partial charge is 0.253 e. The number of benzene rings is 1. The van der Waals surface area contributed by atoms with E-state index >= 15 is 0 Å². The summed E-state index contributed by atoms with van der Waals surface area (Å²) in [5.41, 5.74) is 2.04. The highest BCUT2D eigenvalue weighted by atomic mass is 16.2. The van der Waals surface area contributed by atoms with Crippen LogP contribution in [0.25, 0.3) is 0 Å². The molecule has 1 aromatic carbocycles. The van der Waals surface area contributed by atoms with Gasteiger partial charge in [-0.2, -0.15) is 0 Å².